The number of ketones is 1. The van der Waals surface area contributed by atoms with Crippen molar-refractivity contribution in [3.63, 3.8) is 0 Å². The van der Waals surface area contributed by atoms with Crippen molar-refractivity contribution >= 4 is 17.5 Å². The van der Waals surface area contributed by atoms with Gasteiger partial charge in [-0.25, -0.2) is 0 Å². The molecule has 144 valence electrons. The molecule has 0 heterocycles. The zero-order chi connectivity index (χ0) is 20.2. The lowest BCUT2D eigenvalue weighted by atomic mass is 10.1. The van der Waals surface area contributed by atoms with Gasteiger partial charge in [-0.3, -0.25) is 4.79 Å². The average Bonchev–Trinajstić information content (AvgIpc) is 2.60. The van der Waals surface area contributed by atoms with Gasteiger partial charge in [-0.05, 0) is 53.9 Å². The summed E-state index contributed by atoms with van der Waals surface area (Å²) < 4.78 is 81.8. The molecular formula is C18H12F6O2S. The molecule has 27 heavy (non-hydrogen) atoms. The third-order valence-corrected chi connectivity index (χ3v) is 4.14. The molecule has 9 heteroatoms. The molecule has 0 radical (unpaired) electrons. The van der Waals surface area contributed by atoms with Gasteiger partial charge in [0, 0.05) is 10.5 Å². The molecule has 0 spiro atoms. The Balaban J connectivity index is 2.20. The predicted molar refractivity (Wildman–Crippen MR) is 88.8 cm³/mol. The van der Waals surface area contributed by atoms with Crippen LogP contribution >= 0.6 is 11.8 Å². The topological polar surface area (TPSA) is 26.3 Å². The highest BCUT2D eigenvalue weighted by molar-refractivity contribution is 8.02. The number of hydrogen-bond donors (Lipinski definition) is 0. The lowest BCUT2D eigenvalue weighted by Crippen LogP contribution is -2.10. The zero-order valence-electron chi connectivity index (χ0n) is 13.7. The third-order valence-electron chi connectivity index (χ3n) is 3.36. The summed E-state index contributed by atoms with van der Waals surface area (Å²) in [6.45, 7) is 0. The first kappa shape index (κ1) is 20.9. The van der Waals surface area contributed by atoms with Crippen LogP contribution in [-0.2, 0) is 12.4 Å². The number of alkyl halides is 6. The van der Waals surface area contributed by atoms with Crippen LogP contribution in [0, 0.1) is 0 Å². The number of rotatable bonds is 5. The summed E-state index contributed by atoms with van der Waals surface area (Å²) in [6, 6.07) is 7.33. The normalized spacial score (nSPS) is 12.4. The molecule has 0 saturated heterocycles. The van der Waals surface area contributed by atoms with Crippen LogP contribution in [0.1, 0.15) is 21.5 Å². The largest absolute Gasteiger partial charge is 0.497 e. The SMILES string of the molecule is COc1ccc(C(=O)C=CSc2cc(C(F)(F)F)cc(C(F)(F)F)c2)cc1. The van der Waals surface area contributed by atoms with Crippen LogP contribution in [0.4, 0.5) is 26.3 Å². The zero-order valence-corrected chi connectivity index (χ0v) is 14.5. The van der Waals surface area contributed by atoms with Crippen LogP contribution in [0.25, 0.3) is 0 Å². The smallest absolute Gasteiger partial charge is 0.416 e. The molecule has 2 aromatic rings. The van der Waals surface area contributed by atoms with Gasteiger partial charge in [0.15, 0.2) is 5.78 Å². The van der Waals surface area contributed by atoms with E-state index in [-0.39, 0.29) is 11.0 Å². The van der Waals surface area contributed by atoms with Gasteiger partial charge < -0.3 is 4.74 Å². The molecule has 0 unspecified atom stereocenters. The molecule has 2 rings (SSSR count). The summed E-state index contributed by atoms with van der Waals surface area (Å²) in [4.78, 5) is 11.7. The molecule has 0 atom stereocenters. The van der Waals surface area contributed by atoms with Gasteiger partial charge in [0.05, 0.1) is 18.2 Å². The Kier molecular flexibility index (Phi) is 6.25. The minimum Gasteiger partial charge on any atom is -0.497 e. The van der Waals surface area contributed by atoms with E-state index in [1.165, 1.54) is 19.2 Å². The van der Waals surface area contributed by atoms with Crippen LogP contribution in [0.3, 0.4) is 0 Å². The standard InChI is InChI=1S/C18H12F6O2S/c1-26-14-4-2-11(3-5-14)16(25)6-7-27-15-9-12(17(19,20)21)8-13(10-15)18(22,23)24/h2-10H,1H3. The molecule has 0 saturated carbocycles. The molecule has 2 aromatic carbocycles. The predicted octanol–water partition coefficient (Wildman–Crippen LogP) is 6.22. The van der Waals surface area contributed by atoms with E-state index in [2.05, 4.69) is 0 Å². The first-order valence-corrected chi connectivity index (χ1v) is 8.20. The van der Waals surface area contributed by atoms with Crippen LogP contribution in [0.15, 0.2) is 58.8 Å². The van der Waals surface area contributed by atoms with Crippen LogP contribution < -0.4 is 4.74 Å². The fraction of sp³-hybridized carbons (Fsp3) is 0.167. The first-order chi connectivity index (χ1) is 12.5. The van der Waals surface area contributed by atoms with E-state index >= 15 is 0 Å². The Morgan fingerprint density at radius 3 is 1.89 bits per heavy atom. The fourth-order valence-corrected chi connectivity index (χ4v) is 2.76. The van der Waals surface area contributed by atoms with Gasteiger partial charge in [0.2, 0.25) is 0 Å². The molecule has 0 aliphatic heterocycles. The number of ether oxygens (including phenoxy) is 1. The molecule has 0 N–H and O–H groups in total. The number of thioether (sulfide) groups is 1. The van der Waals surface area contributed by atoms with Crippen molar-refractivity contribution in [2.24, 2.45) is 0 Å². The van der Waals surface area contributed by atoms with Gasteiger partial charge in [0.25, 0.3) is 0 Å². The van der Waals surface area contributed by atoms with Crippen molar-refractivity contribution in [1.29, 1.82) is 0 Å². The van der Waals surface area contributed by atoms with Gasteiger partial charge in [-0.1, -0.05) is 11.8 Å². The van der Waals surface area contributed by atoms with E-state index in [4.69, 9.17) is 4.74 Å². The summed E-state index contributed by atoms with van der Waals surface area (Å²) in [7, 11) is 1.46. The molecule has 0 aliphatic rings. The van der Waals surface area contributed by atoms with Gasteiger partial charge in [-0.2, -0.15) is 26.3 Å². The van der Waals surface area contributed by atoms with Crippen molar-refractivity contribution < 1.29 is 35.9 Å². The number of carbonyl (C=O) groups is 1. The lowest BCUT2D eigenvalue weighted by molar-refractivity contribution is -0.143. The molecule has 0 fully saturated rings. The summed E-state index contributed by atoms with van der Waals surface area (Å²) in [6.07, 6.45) is -8.77. The third kappa shape index (κ3) is 5.78. The van der Waals surface area contributed by atoms with Crippen molar-refractivity contribution in [1.82, 2.24) is 0 Å². The van der Waals surface area contributed by atoms with Gasteiger partial charge in [-0.15, -0.1) is 0 Å². The Bertz CT molecular complexity index is 806. The van der Waals surface area contributed by atoms with E-state index in [9.17, 15) is 31.1 Å². The summed E-state index contributed by atoms with van der Waals surface area (Å²) in [5.74, 6) is 0.0849. The van der Waals surface area contributed by atoms with Gasteiger partial charge >= 0.3 is 12.4 Å². The molecule has 0 bridgehead atoms. The Hall–Kier alpha value is -2.42. The maximum atomic E-state index is 12.8. The maximum Gasteiger partial charge on any atom is 0.416 e. The highest BCUT2D eigenvalue weighted by Gasteiger charge is 2.36. The Labute approximate surface area is 154 Å². The second kappa shape index (κ2) is 8.08. The fourth-order valence-electron chi connectivity index (χ4n) is 2.02. The van der Waals surface area contributed by atoms with Crippen LogP contribution in [0.5, 0.6) is 5.75 Å². The van der Waals surface area contributed by atoms with E-state index in [1.54, 1.807) is 12.1 Å². The molecule has 2 nitrogen and oxygen atoms in total. The van der Waals surface area contributed by atoms with Crippen molar-refractivity contribution in [3.05, 3.63) is 70.6 Å². The molecule has 0 amide bonds. The van der Waals surface area contributed by atoms with Crippen LogP contribution in [-0.4, -0.2) is 12.9 Å². The lowest BCUT2D eigenvalue weighted by Gasteiger charge is -2.13. The quantitative estimate of drug-likeness (QED) is 0.255. The first-order valence-electron chi connectivity index (χ1n) is 7.32. The Morgan fingerprint density at radius 2 is 1.44 bits per heavy atom. The second-order valence-electron chi connectivity index (χ2n) is 5.25. The monoisotopic (exact) mass is 406 g/mol. The number of methoxy groups -OCH3 is 1. The summed E-state index contributed by atoms with van der Waals surface area (Å²) in [5, 5.41) is 1.14. The molecule has 0 aromatic heterocycles. The summed E-state index contributed by atoms with van der Waals surface area (Å²) >= 11 is 0.586. The molecular weight excluding hydrogens is 394 g/mol. The van der Waals surface area contributed by atoms with Crippen molar-refractivity contribution in [3.8, 4) is 5.75 Å². The highest BCUT2D eigenvalue weighted by Crippen LogP contribution is 2.38. The van der Waals surface area contributed by atoms with E-state index < -0.39 is 29.3 Å². The maximum absolute atomic E-state index is 12.8. The molecule has 0 aliphatic carbocycles. The van der Waals surface area contributed by atoms with E-state index in [0.717, 1.165) is 11.5 Å². The minimum absolute atomic E-state index is 0.0519. The number of hydrogen-bond acceptors (Lipinski definition) is 3. The number of halogens is 6. The second-order valence-corrected chi connectivity index (χ2v) is 6.23. The number of allylic oxidation sites excluding steroid dienone is 1. The van der Waals surface area contributed by atoms with E-state index in [1.807, 2.05) is 0 Å². The summed E-state index contributed by atoms with van der Waals surface area (Å²) in [5.41, 5.74) is -2.52. The highest BCUT2D eigenvalue weighted by atomic mass is 32.2. The van der Waals surface area contributed by atoms with E-state index in [0.29, 0.717) is 35.2 Å². The number of carbonyl (C=O) groups excluding carboxylic acids is 1. The van der Waals surface area contributed by atoms with Crippen LogP contribution in [0.2, 0.25) is 0 Å². The average molecular weight is 406 g/mol. The van der Waals surface area contributed by atoms with Crippen molar-refractivity contribution in [2.75, 3.05) is 7.11 Å². The van der Waals surface area contributed by atoms with Gasteiger partial charge in [0.1, 0.15) is 5.75 Å². The minimum atomic E-state index is -4.92. The number of benzene rings is 2. The Morgan fingerprint density at radius 1 is 0.926 bits per heavy atom. The van der Waals surface area contributed by atoms with Crippen molar-refractivity contribution in [2.45, 2.75) is 17.2 Å².